The number of nitrogens with zero attached hydrogens (tertiary/aromatic N) is 1. The quantitative estimate of drug-likeness (QED) is 0.864. The molecule has 0 bridgehead atoms. The number of anilines is 1. The van der Waals surface area contributed by atoms with Gasteiger partial charge in [0.1, 0.15) is 0 Å². The Morgan fingerprint density at radius 2 is 2.09 bits per heavy atom. The van der Waals surface area contributed by atoms with Crippen molar-refractivity contribution in [3.05, 3.63) is 51.8 Å². The van der Waals surface area contributed by atoms with E-state index in [1.54, 1.807) is 19.2 Å². The van der Waals surface area contributed by atoms with Crippen LogP contribution in [0.15, 0.2) is 24.3 Å². The molecule has 120 valence electrons. The van der Waals surface area contributed by atoms with Crippen LogP contribution in [0.5, 0.6) is 0 Å². The van der Waals surface area contributed by atoms with Gasteiger partial charge in [0, 0.05) is 41.2 Å². The highest BCUT2D eigenvalue weighted by Gasteiger charge is 2.24. The van der Waals surface area contributed by atoms with Crippen LogP contribution in [0.25, 0.3) is 11.6 Å². The fraction of sp³-hybridized carbons (Fsp3) is 0.278. The van der Waals surface area contributed by atoms with E-state index in [4.69, 9.17) is 16.3 Å². The van der Waals surface area contributed by atoms with Gasteiger partial charge in [-0.05, 0) is 43.7 Å². The number of aromatic nitrogens is 1. The van der Waals surface area contributed by atoms with Gasteiger partial charge in [-0.25, -0.2) is 0 Å². The average Bonchev–Trinajstić information content (AvgIpc) is 2.95. The van der Waals surface area contributed by atoms with Gasteiger partial charge < -0.3 is 14.6 Å². The maximum absolute atomic E-state index is 12.3. The summed E-state index contributed by atoms with van der Waals surface area (Å²) < 4.78 is 7.36. The number of fused-ring (bicyclic) bond motifs is 1. The lowest BCUT2D eigenvalue weighted by Crippen LogP contribution is -2.07. The molecule has 0 unspecified atom stereocenters. The summed E-state index contributed by atoms with van der Waals surface area (Å²) >= 11 is 5.99. The Morgan fingerprint density at radius 1 is 1.30 bits per heavy atom. The molecule has 23 heavy (non-hydrogen) atoms. The average molecular weight is 331 g/mol. The Bertz CT molecular complexity index is 806. The van der Waals surface area contributed by atoms with Gasteiger partial charge in [0.05, 0.1) is 12.3 Å². The van der Waals surface area contributed by atoms with Gasteiger partial charge in [0.25, 0.3) is 5.91 Å². The molecule has 2 aromatic rings. The van der Waals surface area contributed by atoms with Crippen LogP contribution in [-0.4, -0.2) is 24.2 Å². The van der Waals surface area contributed by atoms with Crippen LogP contribution < -0.4 is 5.32 Å². The Balaban J connectivity index is 2.01. The van der Waals surface area contributed by atoms with Crippen LogP contribution in [0.1, 0.15) is 22.5 Å². The Morgan fingerprint density at radius 3 is 2.83 bits per heavy atom. The number of benzene rings is 1. The molecule has 2 heterocycles. The Hall–Kier alpha value is -2.04. The fourth-order valence-corrected chi connectivity index (χ4v) is 3.14. The predicted molar refractivity (Wildman–Crippen MR) is 93.7 cm³/mol. The number of hydrogen-bond donors (Lipinski definition) is 1. The topological polar surface area (TPSA) is 43.3 Å². The van der Waals surface area contributed by atoms with E-state index in [0.717, 1.165) is 34.7 Å². The van der Waals surface area contributed by atoms with E-state index in [2.05, 4.69) is 29.8 Å². The lowest BCUT2D eigenvalue weighted by Gasteiger charge is -2.08. The van der Waals surface area contributed by atoms with Gasteiger partial charge in [0.15, 0.2) is 0 Å². The molecule has 0 saturated heterocycles. The fourth-order valence-electron chi connectivity index (χ4n) is 2.97. The second-order valence-electron chi connectivity index (χ2n) is 5.67. The zero-order chi connectivity index (χ0) is 16.6. The van der Waals surface area contributed by atoms with Crippen molar-refractivity contribution >= 4 is 34.8 Å². The van der Waals surface area contributed by atoms with E-state index in [0.29, 0.717) is 17.2 Å². The number of rotatable bonds is 4. The van der Waals surface area contributed by atoms with Crippen molar-refractivity contribution < 1.29 is 9.53 Å². The van der Waals surface area contributed by atoms with E-state index in [1.165, 1.54) is 0 Å². The minimum absolute atomic E-state index is 0.0936. The zero-order valence-electron chi connectivity index (χ0n) is 13.4. The third kappa shape index (κ3) is 2.92. The SMILES string of the molecule is COCCn1c(C)cc(/C=C2/C(=O)Nc3cc(Cl)ccc32)c1C. The molecular formula is C18H19ClN2O2. The summed E-state index contributed by atoms with van der Waals surface area (Å²) in [5.41, 5.74) is 5.65. The largest absolute Gasteiger partial charge is 0.383 e. The molecule has 0 fully saturated rings. The first kappa shape index (κ1) is 15.8. The monoisotopic (exact) mass is 330 g/mol. The molecule has 0 radical (unpaired) electrons. The van der Waals surface area contributed by atoms with Gasteiger partial charge in [-0.1, -0.05) is 17.7 Å². The standard InChI is InChI=1S/C18H19ClN2O2/c1-11-8-13(12(2)21(11)6-7-23-3)9-16-15-5-4-14(19)10-17(15)20-18(16)22/h4-5,8-10H,6-7H2,1-3H3,(H,20,22)/b16-9+. The molecule has 0 spiro atoms. The van der Waals surface area contributed by atoms with Crippen molar-refractivity contribution in [3.63, 3.8) is 0 Å². The number of carbonyl (C=O) groups excluding carboxylic acids is 1. The number of halogens is 1. The van der Waals surface area contributed by atoms with E-state index >= 15 is 0 Å². The summed E-state index contributed by atoms with van der Waals surface area (Å²) in [7, 11) is 1.70. The number of nitrogens with one attached hydrogen (secondary N) is 1. The molecule has 1 aromatic carbocycles. The molecule has 0 atom stereocenters. The molecule has 4 nitrogen and oxygen atoms in total. The minimum Gasteiger partial charge on any atom is -0.383 e. The van der Waals surface area contributed by atoms with Gasteiger partial charge in [-0.2, -0.15) is 0 Å². The number of hydrogen-bond acceptors (Lipinski definition) is 2. The van der Waals surface area contributed by atoms with Crippen LogP contribution in [0.4, 0.5) is 5.69 Å². The summed E-state index contributed by atoms with van der Waals surface area (Å²) in [6, 6.07) is 7.55. The predicted octanol–water partition coefficient (Wildman–Crippen LogP) is 3.90. The van der Waals surface area contributed by atoms with Crippen LogP contribution >= 0.6 is 11.6 Å². The highest BCUT2D eigenvalue weighted by molar-refractivity contribution is 6.36. The second-order valence-corrected chi connectivity index (χ2v) is 6.11. The third-order valence-electron chi connectivity index (χ3n) is 4.20. The molecule has 1 aromatic heterocycles. The first-order valence-corrected chi connectivity index (χ1v) is 7.87. The van der Waals surface area contributed by atoms with Crippen molar-refractivity contribution in [2.45, 2.75) is 20.4 Å². The number of ether oxygens (including phenoxy) is 1. The molecule has 1 N–H and O–H groups in total. The lowest BCUT2D eigenvalue weighted by molar-refractivity contribution is -0.110. The first-order chi connectivity index (χ1) is 11.0. The molecule has 1 aliphatic heterocycles. The number of aryl methyl sites for hydroxylation is 1. The number of carbonyl (C=O) groups is 1. The summed E-state index contributed by atoms with van der Waals surface area (Å²) in [6.45, 7) is 5.59. The summed E-state index contributed by atoms with van der Waals surface area (Å²) in [5, 5.41) is 3.48. The van der Waals surface area contributed by atoms with E-state index in [9.17, 15) is 4.79 Å². The van der Waals surface area contributed by atoms with E-state index < -0.39 is 0 Å². The molecular weight excluding hydrogens is 312 g/mol. The van der Waals surface area contributed by atoms with Gasteiger partial charge in [-0.3, -0.25) is 4.79 Å². The molecule has 0 aliphatic carbocycles. The summed E-state index contributed by atoms with van der Waals surface area (Å²) in [4.78, 5) is 12.3. The van der Waals surface area contributed by atoms with Crippen LogP contribution in [0, 0.1) is 13.8 Å². The van der Waals surface area contributed by atoms with Crippen molar-refractivity contribution in [1.82, 2.24) is 4.57 Å². The maximum Gasteiger partial charge on any atom is 0.256 e. The van der Waals surface area contributed by atoms with Gasteiger partial charge in [0.2, 0.25) is 0 Å². The number of methoxy groups -OCH3 is 1. The van der Waals surface area contributed by atoms with Crippen LogP contribution in [-0.2, 0) is 16.1 Å². The van der Waals surface area contributed by atoms with Gasteiger partial charge in [-0.15, -0.1) is 0 Å². The molecule has 0 saturated carbocycles. The summed E-state index contributed by atoms with van der Waals surface area (Å²) in [6.07, 6.45) is 1.95. The molecule has 1 amide bonds. The molecule has 5 heteroatoms. The Kier molecular flexibility index (Phi) is 4.28. The van der Waals surface area contributed by atoms with Crippen LogP contribution in [0.3, 0.4) is 0 Å². The Labute approximate surface area is 140 Å². The van der Waals surface area contributed by atoms with E-state index in [1.807, 2.05) is 12.1 Å². The van der Waals surface area contributed by atoms with E-state index in [-0.39, 0.29) is 5.91 Å². The minimum atomic E-state index is -0.0936. The third-order valence-corrected chi connectivity index (χ3v) is 4.43. The van der Waals surface area contributed by atoms with Crippen molar-refractivity contribution in [2.75, 3.05) is 19.0 Å². The van der Waals surface area contributed by atoms with Gasteiger partial charge >= 0.3 is 0 Å². The van der Waals surface area contributed by atoms with Crippen molar-refractivity contribution in [2.24, 2.45) is 0 Å². The maximum atomic E-state index is 12.3. The highest BCUT2D eigenvalue weighted by atomic mass is 35.5. The normalized spacial score (nSPS) is 15.1. The first-order valence-electron chi connectivity index (χ1n) is 7.50. The van der Waals surface area contributed by atoms with Crippen molar-refractivity contribution in [1.29, 1.82) is 0 Å². The van der Waals surface area contributed by atoms with Crippen molar-refractivity contribution in [3.8, 4) is 0 Å². The molecule has 3 rings (SSSR count). The zero-order valence-corrected chi connectivity index (χ0v) is 14.2. The lowest BCUT2D eigenvalue weighted by atomic mass is 10.0. The molecule has 1 aliphatic rings. The summed E-state index contributed by atoms with van der Waals surface area (Å²) in [5.74, 6) is -0.0936. The highest BCUT2D eigenvalue weighted by Crippen LogP contribution is 2.35. The number of amides is 1. The second kappa shape index (κ2) is 6.22. The van der Waals surface area contributed by atoms with Crippen LogP contribution in [0.2, 0.25) is 5.02 Å². The smallest absolute Gasteiger partial charge is 0.256 e.